The van der Waals surface area contributed by atoms with Gasteiger partial charge in [0, 0.05) is 0 Å². The molecule has 0 aliphatic carbocycles. The largest absolute Gasteiger partial charge is 0.451 e. The molecule has 1 aromatic carbocycles. The van der Waals surface area contributed by atoms with Gasteiger partial charge in [0.25, 0.3) is 5.95 Å². The van der Waals surface area contributed by atoms with Crippen LogP contribution in [0.3, 0.4) is 0 Å². The van der Waals surface area contributed by atoms with Gasteiger partial charge in [-0.1, -0.05) is 29.2 Å². The molecule has 0 aliphatic heterocycles. The summed E-state index contributed by atoms with van der Waals surface area (Å²) < 4.78 is 18.9. The third-order valence-electron chi connectivity index (χ3n) is 2.61. The van der Waals surface area contributed by atoms with Crippen LogP contribution in [0.4, 0.5) is 4.39 Å². The highest BCUT2D eigenvalue weighted by molar-refractivity contribution is 6.33. The normalized spacial score (nSPS) is 11.2. The first-order valence-electron chi connectivity index (χ1n) is 5.04. The molecule has 0 amide bonds. The average molecular weight is 259 g/mol. The van der Waals surface area contributed by atoms with Gasteiger partial charge in [-0.3, -0.25) is 4.79 Å². The van der Waals surface area contributed by atoms with Crippen LogP contribution in [-0.4, -0.2) is 12.8 Å². The quantitative estimate of drug-likeness (QED) is 0.352. The van der Waals surface area contributed by atoms with Crippen LogP contribution in [0.15, 0.2) is 33.5 Å². The summed E-state index contributed by atoms with van der Waals surface area (Å²) in [6.45, 7) is 0. The Labute approximate surface area is 107 Å². The summed E-state index contributed by atoms with van der Waals surface area (Å²) in [6, 6.07) is 5.83. The van der Waals surface area contributed by atoms with Gasteiger partial charge in [-0.2, -0.15) is 4.39 Å². The minimum Gasteiger partial charge on any atom is -0.451 e. The first kappa shape index (κ1) is 11.2. The Bertz CT molecular complexity index is 847. The van der Waals surface area contributed by atoms with E-state index >= 15 is 0 Å². The molecule has 0 fully saturated rings. The highest BCUT2D eigenvalue weighted by Gasteiger charge is 2.13. The topological polar surface area (TPSA) is 43.1 Å². The van der Waals surface area contributed by atoms with Crippen molar-refractivity contribution in [2.75, 3.05) is 0 Å². The van der Waals surface area contributed by atoms with Gasteiger partial charge in [0.15, 0.2) is 5.58 Å². The van der Waals surface area contributed by atoms with Crippen molar-refractivity contribution in [3.05, 3.63) is 45.6 Å². The Kier molecular flexibility index (Phi) is 2.38. The van der Waals surface area contributed by atoms with Crippen molar-refractivity contribution in [1.29, 1.82) is 0 Å². The van der Waals surface area contributed by atoms with Crippen LogP contribution in [-0.2, 0) is 0 Å². The lowest BCUT2D eigenvalue weighted by Gasteiger charge is -2.03. The molecule has 0 atom stereocenters. The Morgan fingerprint density at radius 2 is 2.06 bits per heavy atom. The van der Waals surface area contributed by atoms with E-state index in [0.717, 1.165) is 0 Å². The van der Waals surface area contributed by atoms with E-state index in [0.29, 0.717) is 5.46 Å². The third-order valence-corrected chi connectivity index (χ3v) is 2.80. The fraction of sp³-hybridized carbons (Fsp3) is 0. The maximum absolute atomic E-state index is 13.6. The predicted octanol–water partition coefficient (Wildman–Crippen LogP) is 1.93. The molecule has 0 spiro atoms. The van der Waals surface area contributed by atoms with Gasteiger partial charge in [0.1, 0.15) is 18.6 Å². The standard InChI is InChI=1S/C12H4BClFNO2/c13-5-1-2-8-6(3-5)10(17)7-4-9(14)16-12(15)11(7)18-8/h1-4H. The molecule has 0 saturated heterocycles. The van der Waals surface area contributed by atoms with E-state index in [9.17, 15) is 9.18 Å². The maximum Gasteiger partial charge on any atom is 0.258 e. The molecule has 3 rings (SSSR count). The summed E-state index contributed by atoms with van der Waals surface area (Å²) in [5, 5.41) is 0.227. The van der Waals surface area contributed by atoms with Crippen LogP contribution in [0.2, 0.25) is 5.15 Å². The predicted molar refractivity (Wildman–Crippen MR) is 68.1 cm³/mol. The second-order valence-electron chi connectivity index (χ2n) is 3.80. The van der Waals surface area contributed by atoms with E-state index in [1.165, 1.54) is 18.2 Å². The number of hydrogen-bond donors (Lipinski definition) is 0. The third kappa shape index (κ3) is 1.59. The zero-order chi connectivity index (χ0) is 12.9. The first-order chi connectivity index (χ1) is 8.56. The monoisotopic (exact) mass is 259 g/mol. The number of fused-ring (bicyclic) bond motifs is 2. The molecule has 0 unspecified atom stereocenters. The van der Waals surface area contributed by atoms with Crippen molar-refractivity contribution in [3.8, 4) is 0 Å². The zero-order valence-corrected chi connectivity index (χ0v) is 9.66. The molecule has 2 radical (unpaired) electrons. The van der Waals surface area contributed by atoms with E-state index < -0.39 is 5.95 Å². The van der Waals surface area contributed by atoms with Crippen molar-refractivity contribution >= 4 is 46.8 Å². The van der Waals surface area contributed by atoms with Crippen molar-refractivity contribution in [2.24, 2.45) is 0 Å². The molecule has 0 aliphatic rings. The van der Waals surface area contributed by atoms with Gasteiger partial charge >= 0.3 is 0 Å². The molecule has 0 bridgehead atoms. The fourth-order valence-corrected chi connectivity index (χ4v) is 1.99. The minimum absolute atomic E-state index is 0.0469. The van der Waals surface area contributed by atoms with Crippen molar-refractivity contribution in [3.63, 3.8) is 0 Å². The molecule has 6 heteroatoms. The van der Waals surface area contributed by atoms with Gasteiger partial charge in [-0.15, -0.1) is 0 Å². The van der Waals surface area contributed by atoms with Crippen LogP contribution in [0, 0.1) is 5.95 Å². The molecule has 0 saturated carbocycles. The van der Waals surface area contributed by atoms with Crippen LogP contribution in [0.25, 0.3) is 21.9 Å². The van der Waals surface area contributed by atoms with Crippen LogP contribution < -0.4 is 10.9 Å². The summed E-state index contributed by atoms with van der Waals surface area (Å²) in [6.07, 6.45) is 0. The zero-order valence-electron chi connectivity index (χ0n) is 8.91. The van der Waals surface area contributed by atoms with E-state index in [2.05, 4.69) is 4.98 Å². The van der Waals surface area contributed by atoms with E-state index in [1.54, 1.807) is 6.07 Å². The lowest BCUT2D eigenvalue weighted by atomic mass is 9.95. The van der Waals surface area contributed by atoms with Crippen molar-refractivity contribution in [1.82, 2.24) is 4.98 Å². The Morgan fingerprint density at radius 1 is 1.28 bits per heavy atom. The number of halogens is 2. The number of pyridine rings is 1. The van der Waals surface area contributed by atoms with E-state index in [4.69, 9.17) is 23.9 Å². The van der Waals surface area contributed by atoms with Crippen LogP contribution in [0.5, 0.6) is 0 Å². The van der Waals surface area contributed by atoms with E-state index in [-0.39, 0.29) is 32.5 Å². The number of hydrogen-bond acceptors (Lipinski definition) is 3. The summed E-state index contributed by atoms with van der Waals surface area (Å²) in [7, 11) is 5.60. The molecule has 2 heterocycles. The molecule has 3 nitrogen and oxygen atoms in total. The SMILES string of the molecule is [B]c1ccc2oc3c(F)nc(Cl)cc3c(=O)c2c1. The Balaban J connectivity index is 2.61. The molecular formula is C12H4BClFNO2. The number of benzene rings is 1. The van der Waals surface area contributed by atoms with Crippen molar-refractivity contribution < 1.29 is 8.81 Å². The first-order valence-corrected chi connectivity index (χ1v) is 5.42. The summed E-state index contributed by atoms with van der Waals surface area (Å²) in [4.78, 5) is 15.6. The number of nitrogens with zero attached hydrogens (tertiary/aromatic N) is 1. The molecule has 0 N–H and O–H groups in total. The average Bonchev–Trinajstić information content (AvgIpc) is 2.32. The lowest BCUT2D eigenvalue weighted by Crippen LogP contribution is -2.08. The minimum atomic E-state index is -0.909. The second-order valence-corrected chi connectivity index (χ2v) is 4.19. The molecule has 2 aromatic heterocycles. The van der Waals surface area contributed by atoms with Gasteiger partial charge in [0.05, 0.1) is 10.8 Å². The van der Waals surface area contributed by atoms with Crippen LogP contribution in [0.1, 0.15) is 0 Å². The van der Waals surface area contributed by atoms with Gasteiger partial charge in [0.2, 0.25) is 5.43 Å². The van der Waals surface area contributed by atoms with Gasteiger partial charge in [-0.05, 0) is 12.1 Å². The molecule has 3 aromatic rings. The summed E-state index contributed by atoms with van der Waals surface area (Å²) in [5.41, 5.74) is 0.0860. The molecule has 86 valence electrons. The summed E-state index contributed by atoms with van der Waals surface area (Å²) >= 11 is 5.62. The fourth-order valence-electron chi connectivity index (χ4n) is 1.81. The highest BCUT2D eigenvalue weighted by Crippen LogP contribution is 2.21. The van der Waals surface area contributed by atoms with Gasteiger partial charge < -0.3 is 4.42 Å². The van der Waals surface area contributed by atoms with Crippen LogP contribution >= 0.6 is 11.6 Å². The Morgan fingerprint density at radius 3 is 2.83 bits per heavy atom. The molecular weight excluding hydrogens is 255 g/mol. The highest BCUT2D eigenvalue weighted by atomic mass is 35.5. The smallest absolute Gasteiger partial charge is 0.258 e. The number of aromatic nitrogens is 1. The maximum atomic E-state index is 13.6. The lowest BCUT2D eigenvalue weighted by molar-refractivity contribution is 0.549. The molecule has 18 heavy (non-hydrogen) atoms. The second kappa shape index (κ2) is 3.81. The van der Waals surface area contributed by atoms with E-state index in [1.807, 2.05) is 0 Å². The number of rotatable bonds is 0. The van der Waals surface area contributed by atoms with Gasteiger partial charge in [-0.25, -0.2) is 4.98 Å². The Hall–Kier alpha value is -1.88. The van der Waals surface area contributed by atoms with Crippen molar-refractivity contribution in [2.45, 2.75) is 0 Å². The summed E-state index contributed by atoms with van der Waals surface area (Å²) in [5.74, 6) is -0.909.